The number of halogens is 1. The van der Waals surface area contributed by atoms with Crippen molar-refractivity contribution in [3.63, 3.8) is 0 Å². The number of hydrogen-bond acceptors (Lipinski definition) is 2. The summed E-state index contributed by atoms with van der Waals surface area (Å²) in [6.07, 6.45) is 2.30. The Morgan fingerprint density at radius 1 is 1.17 bits per heavy atom. The Bertz CT molecular complexity index is 443. The monoisotopic (exact) mass is 433 g/mol. The van der Waals surface area contributed by atoms with Crippen LogP contribution in [-0.4, -0.2) is 37.8 Å². The van der Waals surface area contributed by atoms with Crippen molar-refractivity contribution < 1.29 is 5.11 Å². The molecule has 0 aliphatic rings. The van der Waals surface area contributed by atoms with Crippen LogP contribution in [0.4, 0.5) is 0 Å². The second-order valence-electron chi connectivity index (χ2n) is 6.83. The molecule has 0 bridgehead atoms. The van der Waals surface area contributed by atoms with E-state index in [1.54, 1.807) is 7.05 Å². The van der Waals surface area contributed by atoms with E-state index in [-0.39, 0.29) is 36.5 Å². The maximum absolute atomic E-state index is 9.57. The number of aliphatic hydroxyl groups excluding tert-OH is 1. The molecule has 3 N–H and O–H groups in total. The molecule has 132 valence electrons. The third-order valence-corrected chi connectivity index (χ3v) is 3.63. The fourth-order valence-electron chi connectivity index (χ4n) is 2.28. The van der Waals surface area contributed by atoms with Gasteiger partial charge in [0, 0.05) is 26.1 Å². The lowest BCUT2D eigenvalue weighted by atomic mass is 9.91. The number of nitrogens with zero attached hydrogens (tertiary/aromatic N) is 1. The van der Waals surface area contributed by atoms with Gasteiger partial charge in [-0.1, -0.05) is 51.1 Å². The van der Waals surface area contributed by atoms with Crippen molar-refractivity contribution in [1.29, 1.82) is 0 Å². The first-order valence-electron chi connectivity index (χ1n) is 8.06. The third kappa shape index (κ3) is 9.81. The topological polar surface area (TPSA) is 56.7 Å². The maximum atomic E-state index is 9.57. The number of hydrogen-bond donors (Lipinski definition) is 3. The quantitative estimate of drug-likeness (QED) is 0.268. The zero-order valence-electron chi connectivity index (χ0n) is 14.8. The molecule has 0 heterocycles. The molecule has 1 atom stereocenters. The van der Waals surface area contributed by atoms with Crippen molar-refractivity contribution in [2.45, 2.75) is 39.5 Å². The molecule has 0 aromatic heterocycles. The molecule has 23 heavy (non-hydrogen) atoms. The van der Waals surface area contributed by atoms with Crippen LogP contribution in [0.1, 0.15) is 45.1 Å². The number of rotatable bonds is 7. The molecule has 0 fully saturated rings. The van der Waals surface area contributed by atoms with Gasteiger partial charge in [-0.2, -0.15) is 0 Å². The van der Waals surface area contributed by atoms with Crippen LogP contribution in [0, 0.1) is 5.41 Å². The first-order valence-corrected chi connectivity index (χ1v) is 8.06. The van der Waals surface area contributed by atoms with E-state index in [2.05, 4.69) is 36.4 Å². The zero-order valence-corrected chi connectivity index (χ0v) is 17.1. The minimum absolute atomic E-state index is 0. The average Bonchev–Trinajstić information content (AvgIpc) is 2.50. The molecule has 0 spiro atoms. The van der Waals surface area contributed by atoms with Gasteiger partial charge in [-0.15, -0.1) is 24.0 Å². The van der Waals surface area contributed by atoms with Gasteiger partial charge in [-0.25, -0.2) is 0 Å². The summed E-state index contributed by atoms with van der Waals surface area (Å²) in [6, 6.07) is 10.1. The van der Waals surface area contributed by atoms with Gasteiger partial charge in [0.15, 0.2) is 5.96 Å². The summed E-state index contributed by atoms with van der Waals surface area (Å²) in [5, 5.41) is 16.2. The van der Waals surface area contributed by atoms with E-state index >= 15 is 0 Å². The first-order chi connectivity index (χ1) is 10.5. The van der Waals surface area contributed by atoms with Crippen LogP contribution in [-0.2, 0) is 0 Å². The minimum atomic E-state index is 0. The van der Waals surface area contributed by atoms with Crippen molar-refractivity contribution in [3.8, 4) is 0 Å². The van der Waals surface area contributed by atoms with E-state index in [9.17, 15) is 5.11 Å². The average molecular weight is 433 g/mol. The highest BCUT2D eigenvalue weighted by atomic mass is 127. The highest BCUT2D eigenvalue weighted by molar-refractivity contribution is 14.0. The lowest BCUT2D eigenvalue weighted by Crippen LogP contribution is -2.40. The molecule has 4 nitrogen and oxygen atoms in total. The molecule has 1 aromatic carbocycles. The molecule has 0 amide bonds. The zero-order chi connectivity index (χ0) is 16.4. The van der Waals surface area contributed by atoms with E-state index in [0.29, 0.717) is 12.0 Å². The van der Waals surface area contributed by atoms with Crippen molar-refractivity contribution in [1.82, 2.24) is 10.6 Å². The van der Waals surface area contributed by atoms with Gasteiger partial charge >= 0.3 is 0 Å². The van der Waals surface area contributed by atoms with Crippen molar-refractivity contribution in [2.24, 2.45) is 10.4 Å². The number of guanidine groups is 1. The highest BCUT2D eigenvalue weighted by Crippen LogP contribution is 2.19. The number of aliphatic hydroxyl groups is 1. The van der Waals surface area contributed by atoms with E-state index < -0.39 is 0 Å². The Labute approximate surface area is 158 Å². The summed E-state index contributed by atoms with van der Waals surface area (Å²) < 4.78 is 0. The molecule has 0 saturated heterocycles. The second-order valence-corrected chi connectivity index (χ2v) is 6.83. The summed E-state index contributed by atoms with van der Waals surface area (Å²) in [5.74, 6) is 0.873. The van der Waals surface area contributed by atoms with Gasteiger partial charge in [0.05, 0.1) is 6.61 Å². The van der Waals surface area contributed by atoms with Crippen LogP contribution in [0.3, 0.4) is 0 Å². The van der Waals surface area contributed by atoms with Crippen LogP contribution in [0.5, 0.6) is 0 Å². The number of benzene rings is 1. The fraction of sp³-hybridized carbons (Fsp3) is 0.611. The highest BCUT2D eigenvalue weighted by Gasteiger charge is 2.11. The molecular weight excluding hydrogens is 401 g/mol. The summed E-state index contributed by atoms with van der Waals surface area (Å²) >= 11 is 0. The van der Waals surface area contributed by atoms with Crippen LogP contribution in [0.25, 0.3) is 0 Å². The van der Waals surface area contributed by atoms with Gasteiger partial charge < -0.3 is 15.7 Å². The van der Waals surface area contributed by atoms with Gasteiger partial charge in [0.2, 0.25) is 0 Å². The van der Waals surface area contributed by atoms with Crippen LogP contribution >= 0.6 is 24.0 Å². The number of nitrogens with one attached hydrogen (secondary N) is 2. The normalized spacial score (nSPS) is 13.2. The third-order valence-electron chi connectivity index (χ3n) is 3.63. The smallest absolute Gasteiger partial charge is 0.190 e. The summed E-state index contributed by atoms with van der Waals surface area (Å²) in [5.41, 5.74) is 1.51. The maximum Gasteiger partial charge on any atom is 0.190 e. The molecule has 1 unspecified atom stereocenters. The lowest BCUT2D eigenvalue weighted by Gasteiger charge is -2.20. The fourth-order valence-corrected chi connectivity index (χ4v) is 2.28. The summed E-state index contributed by atoms with van der Waals surface area (Å²) in [6.45, 7) is 8.47. The van der Waals surface area contributed by atoms with Crippen molar-refractivity contribution >= 4 is 29.9 Å². The Morgan fingerprint density at radius 2 is 1.83 bits per heavy atom. The first kappa shape index (κ1) is 22.2. The molecule has 5 heteroatoms. The molecule has 0 aliphatic carbocycles. The lowest BCUT2D eigenvalue weighted by molar-refractivity contribution is 0.265. The van der Waals surface area contributed by atoms with Gasteiger partial charge in [0.1, 0.15) is 0 Å². The minimum Gasteiger partial charge on any atom is -0.396 e. The van der Waals surface area contributed by atoms with E-state index in [4.69, 9.17) is 0 Å². The molecule has 0 aliphatic heterocycles. The van der Waals surface area contributed by atoms with Gasteiger partial charge in [-0.05, 0) is 23.8 Å². The van der Waals surface area contributed by atoms with E-state index in [1.807, 2.05) is 30.3 Å². The Kier molecular flexibility index (Phi) is 11.3. The van der Waals surface area contributed by atoms with E-state index in [0.717, 1.165) is 24.5 Å². The molecule has 0 saturated carbocycles. The Balaban J connectivity index is 0.00000484. The SMILES string of the molecule is CN=C(NCCCC(C)(C)C)NCC(CO)c1ccccc1.I. The van der Waals surface area contributed by atoms with E-state index in [1.165, 1.54) is 6.42 Å². The summed E-state index contributed by atoms with van der Waals surface area (Å²) in [7, 11) is 1.77. The molecule has 1 aromatic rings. The van der Waals surface area contributed by atoms with Gasteiger partial charge in [-0.3, -0.25) is 4.99 Å². The Morgan fingerprint density at radius 3 is 2.35 bits per heavy atom. The second kappa shape index (κ2) is 11.7. The predicted molar refractivity (Wildman–Crippen MR) is 110 cm³/mol. The molecule has 1 rings (SSSR count). The standard InChI is InChI=1S/C18H31N3O.HI/c1-18(2,3)11-8-12-20-17(19-4)21-13-16(14-22)15-9-6-5-7-10-15;/h5-7,9-10,16,22H,8,11-14H2,1-4H3,(H2,19,20,21);1H. The van der Waals surface area contributed by atoms with Crippen LogP contribution in [0.15, 0.2) is 35.3 Å². The largest absolute Gasteiger partial charge is 0.396 e. The van der Waals surface area contributed by atoms with Crippen molar-refractivity contribution in [3.05, 3.63) is 35.9 Å². The predicted octanol–water partition coefficient (Wildman–Crippen LogP) is 3.37. The summed E-state index contributed by atoms with van der Waals surface area (Å²) in [4.78, 5) is 4.23. The molecular formula is C18H32IN3O. The Hall–Kier alpha value is -0.820. The van der Waals surface area contributed by atoms with Crippen LogP contribution in [0.2, 0.25) is 0 Å². The molecule has 0 radical (unpaired) electrons. The number of aliphatic imine (C=N–C) groups is 1. The van der Waals surface area contributed by atoms with Gasteiger partial charge in [0.25, 0.3) is 0 Å². The van der Waals surface area contributed by atoms with Crippen LogP contribution < -0.4 is 10.6 Å². The van der Waals surface area contributed by atoms with Crippen molar-refractivity contribution in [2.75, 3.05) is 26.7 Å².